The number of aromatic nitrogens is 4. The molecule has 2 aromatic heterocycles. The van der Waals surface area contributed by atoms with Crippen LogP contribution in [0.1, 0.15) is 38.3 Å². The number of hydrogen-bond donors (Lipinski definition) is 1. The maximum Gasteiger partial charge on any atom is 0.163 e. The van der Waals surface area contributed by atoms with Crippen LogP contribution in [0.25, 0.3) is 11.0 Å². The van der Waals surface area contributed by atoms with E-state index in [1.807, 2.05) is 18.7 Å². The van der Waals surface area contributed by atoms with E-state index >= 15 is 0 Å². The van der Waals surface area contributed by atoms with Gasteiger partial charge in [0.25, 0.3) is 0 Å². The van der Waals surface area contributed by atoms with Crippen molar-refractivity contribution in [3.05, 3.63) is 12.0 Å². The summed E-state index contributed by atoms with van der Waals surface area (Å²) in [7, 11) is 1.91. The molecule has 22 heavy (non-hydrogen) atoms. The summed E-state index contributed by atoms with van der Waals surface area (Å²) in [6, 6.07) is 0. The Balaban J connectivity index is 2.00. The van der Waals surface area contributed by atoms with Gasteiger partial charge in [-0.1, -0.05) is 13.3 Å². The van der Waals surface area contributed by atoms with Crippen molar-refractivity contribution in [3.8, 4) is 0 Å². The van der Waals surface area contributed by atoms with E-state index in [2.05, 4.69) is 26.9 Å². The summed E-state index contributed by atoms with van der Waals surface area (Å²) in [4.78, 5) is 11.2. The van der Waals surface area contributed by atoms with Gasteiger partial charge in [-0.05, 0) is 26.2 Å². The monoisotopic (exact) mass is 303 g/mol. The van der Waals surface area contributed by atoms with Crippen molar-refractivity contribution in [3.63, 3.8) is 0 Å². The van der Waals surface area contributed by atoms with E-state index in [0.717, 1.165) is 61.3 Å². The van der Waals surface area contributed by atoms with E-state index in [4.69, 9.17) is 0 Å². The minimum Gasteiger partial charge on any atom is -0.396 e. The van der Waals surface area contributed by atoms with Gasteiger partial charge >= 0.3 is 0 Å². The summed E-state index contributed by atoms with van der Waals surface area (Å²) in [6.07, 6.45) is 5.95. The summed E-state index contributed by atoms with van der Waals surface area (Å²) < 4.78 is 1.81. The maximum atomic E-state index is 9.93. The first-order valence-electron chi connectivity index (χ1n) is 8.10. The van der Waals surface area contributed by atoms with Crippen LogP contribution in [0.4, 0.5) is 5.82 Å². The largest absolute Gasteiger partial charge is 0.396 e. The number of aliphatic hydroxyl groups is 1. The lowest BCUT2D eigenvalue weighted by molar-refractivity contribution is 0.0953. The average molecular weight is 303 g/mol. The predicted octanol–water partition coefficient (Wildman–Crippen LogP) is 2.05. The van der Waals surface area contributed by atoms with Gasteiger partial charge in [0.1, 0.15) is 12.1 Å². The molecule has 3 heterocycles. The van der Waals surface area contributed by atoms with E-state index < -0.39 is 0 Å². The molecule has 0 bridgehead atoms. The van der Waals surface area contributed by atoms with Gasteiger partial charge in [0, 0.05) is 25.6 Å². The third-order valence-corrected chi connectivity index (χ3v) is 4.85. The van der Waals surface area contributed by atoms with Crippen LogP contribution in [0.15, 0.2) is 6.33 Å². The zero-order valence-electron chi connectivity index (χ0n) is 13.7. The molecule has 120 valence electrons. The molecule has 1 unspecified atom stereocenters. The highest BCUT2D eigenvalue weighted by molar-refractivity contribution is 5.89. The molecule has 0 aromatic carbocycles. The van der Waals surface area contributed by atoms with Gasteiger partial charge in [0.2, 0.25) is 0 Å². The molecule has 2 aromatic rings. The molecule has 0 amide bonds. The number of nitrogens with zero attached hydrogens (tertiary/aromatic N) is 5. The third kappa shape index (κ3) is 2.45. The Morgan fingerprint density at radius 1 is 1.36 bits per heavy atom. The number of fused-ring (bicyclic) bond motifs is 1. The second kappa shape index (κ2) is 5.83. The van der Waals surface area contributed by atoms with Crippen LogP contribution in [0, 0.1) is 12.3 Å². The molecule has 6 nitrogen and oxygen atoms in total. The quantitative estimate of drug-likeness (QED) is 0.936. The van der Waals surface area contributed by atoms with Crippen molar-refractivity contribution in [2.24, 2.45) is 12.5 Å². The van der Waals surface area contributed by atoms with Gasteiger partial charge in [-0.2, -0.15) is 5.10 Å². The van der Waals surface area contributed by atoms with Crippen molar-refractivity contribution in [1.82, 2.24) is 19.7 Å². The lowest BCUT2D eigenvalue weighted by Crippen LogP contribution is -2.45. The second-order valence-electron chi connectivity index (χ2n) is 6.54. The number of aryl methyl sites for hydroxylation is 2. The smallest absolute Gasteiger partial charge is 0.163 e. The lowest BCUT2D eigenvalue weighted by atomic mass is 9.77. The summed E-state index contributed by atoms with van der Waals surface area (Å²) in [6.45, 7) is 6.27. The van der Waals surface area contributed by atoms with Gasteiger partial charge in [0.05, 0.1) is 17.7 Å². The zero-order chi connectivity index (χ0) is 15.7. The van der Waals surface area contributed by atoms with Gasteiger partial charge in [-0.15, -0.1) is 0 Å². The Hall–Kier alpha value is -1.69. The van der Waals surface area contributed by atoms with Gasteiger partial charge in [0.15, 0.2) is 5.65 Å². The van der Waals surface area contributed by atoms with Crippen LogP contribution in [0.5, 0.6) is 0 Å². The highest BCUT2D eigenvalue weighted by Gasteiger charge is 2.35. The Kier molecular flexibility index (Phi) is 4.04. The molecule has 1 aliphatic heterocycles. The molecule has 3 rings (SSSR count). The van der Waals surface area contributed by atoms with Crippen molar-refractivity contribution in [1.29, 1.82) is 0 Å². The van der Waals surface area contributed by atoms with Crippen LogP contribution >= 0.6 is 0 Å². The molecule has 1 fully saturated rings. The number of anilines is 1. The normalized spacial score (nSPS) is 22.5. The summed E-state index contributed by atoms with van der Waals surface area (Å²) in [5.74, 6) is 0.962. The molecule has 1 saturated heterocycles. The fraction of sp³-hybridized carbons (Fsp3) is 0.688. The highest BCUT2D eigenvalue weighted by Crippen LogP contribution is 2.37. The third-order valence-electron chi connectivity index (χ3n) is 4.85. The number of aliphatic hydroxyl groups excluding tert-OH is 1. The molecule has 0 aliphatic carbocycles. The molecule has 1 N–H and O–H groups in total. The molecule has 1 aliphatic rings. The molecule has 0 radical (unpaired) electrons. The Morgan fingerprint density at radius 3 is 2.91 bits per heavy atom. The van der Waals surface area contributed by atoms with E-state index in [9.17, 15) is 5.11 Å². The van der Waals surface area contributed by atoms with Crippen molar-refractivity contribution >= 4 is 16.9 Å². The molecular weight excluding hydrogens is 278 g/mol. The first-order valence-corrected chi connectivity index (χ1v) is 8.10. The predicted molar refractivity (Wildman–Crippen MR) is 86.9 cm³/mol. The maximum absolute atomic E-state index is 9.93. The Bertz CT molecular complexity index is 664. The van der Waals surface area contributed by atoms with Gasteiger partial charge in [-0.25, -0.2) is 9.97 Å². The van der Waals surface area contributed by atoms with Crippen molar-refractivity contribution in [2.75, 3.05) is 24.6 Å². The molecule has 6 heteroatoms. The standard InChI is InChI=1S/C16H25N5O/c1-4-6-16(10-22)7-5-8-21(9-16)15-13-12(2)19-20(3)14(13)17-11-18-15/h11,22H,4-10H2,1-3H3. The SMILES string of the molecule is CCCC1(CO)CCCN(c2ncnc3c2c(C)nn3C)C1. The van der Waals surface area contributed by atoms with Crippen molar-refractivity contribution < 1.29 is 5.11 Å². The van der Waals surface area contributed by atoms with Crippen LogP contribution in [-0.4, -0.2) is 44.6 Å². The van der Waals surface area contributed by atoms with Gasteiger partial charge in [-0.3, -0.25) is 4.68 Å². The number of hydrogen-bond acceptors (Lipinski definition) is 5. The van der Waals surface area contributed by atoms with Crippen LogP contribution in [0.3, 0.4) is 0 Å². The number of piperidine rings is 1. The first kappa shape index (κ1) is 15.2. The fourth-order valence-electron chi connectivity index (χ4n) is 3.83. The Morgan fingerprint density at radius 2 is 2.18 bits per heavy atom. The summed E-state index contributed by atoms with van der Waals surface area (Å²) >= 11 is 0. The Labute approximate surface area is 131 Å². The van der Waals surface area contributed by atoms with E-state index in [-0.39, 0.29) is 12.0 Å². The molecule has 0 spiro atoms. The molecular formula is C16H25N5O. The topological polar surface area (TPSA) is 67.1 Å². The minimum atomic E-state index is 0.000384. The van der Waals surface area contributed by atoms with E-state index in [1.165, 1.54) is 0 Å². The zero-order valence-corrected chi connectivity index (χ0v) is 13.7. The van der Waals surface area contributed by atoms with E-state index in [0.29, 0.717) is 0 Å². The van der Waals surface area contributed by atoms with Crippen LogP contribution in [-0.2, 0) is 7.05 Å². The second-order valence-corrected chi connectivity index (χ2v) is 6.54. The van der Waals surface area contributed by atoms with Crippen LogP contribution in [0.2, 0.25) is 0 Å². The average Bonchev–Trinajstić information content (AvgIpc) is 2.83. The first-order chi connectivity index (χ1) is 10.6. The fourth-order valence-corrected chi connectivity index (χ4v) is 3.83. The summed E-state index contributed by atoms with van der Waals surface area (Å²) in [5.41, 5.74) is 1.84. The van der Waals surface area contributed by atoms with E-state index in [1.54, 1.807) is 6.33 Å². The lowest BCUT2D eigenvalue weighted by Gasteiger charge is -2.42. The molecule has 1 atom stereocenters. The number of rotatable bonds is 4. The molecule has 0 saturated carbocycles. The summed E-state index contributed by atoms with van der Waals surface area (Å²) in [5, 5.41) is 15.4. The van der Waals surface area contributed by atoms with Crippen molar-refractivity contribution in [2.45, 2.75) is 39.5 Å². The van der Waals surface area contributed by atoms with Gasteiger partial charge < -0.3 is 10.0 Å². The minimum absolute atomic E-state index is 0.000384. The van der Waals surface area contributed by atoms with Crippen LogP contribution < -0.4 is 4.90 Å². The highest BCUT2D eigenvalue weighted by atomic mass is 16.3.